The lowest BCUT2D eigenvalue weighted by molar-refractivity contribution is -0.132. The van der Waals surface area contributed by atoms with E-state index in [1.54, 1.807) is 0 Å². The zero-order valence-electron chi connectivity index (χ0n) is 13.2. The SMILES string of the molecule is CCNC(=NCCC(F)(F)F)N1CCC(N(CC)CC)C1. The molecule has 0 amide bonds. The summed E-state index contributed by atoms with van der Waals surface area (Å²) in [5.41, 5.74) is 0. The van der Waals surface area contributed by atoms with E-state index in [-0.39, 0.29) is 6.54 Å². The molecule has 0 aliphatic carbocycles. The molecule has 0 aromatic heterocycles. The van der Waals surface area contributed by atoms with E-state index in [2.05, 4.69) is 34.0 Å². The molecule has 0 aromatic rings. The Hall–Kier alpha value is -0.980. The van der Waals surface area contributed by atoms with Crippen molar-refractivity contribution < 1.29 is 13.2 Å². The van der Waals surface area contributed by atoms with Gasteiger partial charge in [0.15, 0.2) is 5.96 Å². The first kappa shape index (κ1) is 18.1. The molecule has 1 aliphatic rings. The summed E-state index contributed by atoms with van der Waals surface area (Å²) in [6.07, 6.45) is -3.98. The van der Waals surface area contributed by atoms with Crippen molar-refractivity contribution >= 4 is 5.96 Å². The summed E-state index contributed by atoms with van der Waals surface area (Å²) in [5.74, 6) is 0.608. The predicted octanol–water partition coefficient (Wildman–Crippen LogP) is 2.32. The molecule has 1 unspecified atom stereocenters. The highest BCUT2D eigenvalue weighted by molar-refractivity contribution is 5.80. The lowest BCUT2D eigenvalue weighted by atomic mass is 10.2. The monoisotopic (exact) mass is 308 g/mol. The third kappa shape index (κ3) is 6.11. The summed E-state index contributed by atoms with van der Waals surface area (Å²) in [6, 6.07) is 0.464. The molecule has 0 aromatic carbocycles. The molecule has 4 nitrogen and oxygen atoms in total. The van der Waals surface area contributed by atoms with Crippen molar-refractivity contribution in [1.82, 2.24) is 15.1 Å². The second kappa shape index (κ2) is 8.46. The molecule has 0 bridgehead atoms. The van der Waals surface area contributed by atoms with Crippen molar-refractivity contribution in [1.29, 1.82) is 0 Å². The fourth-order valence-corrected chi connectivity index (χ4v) is 2.69. The number of hydrogen-bond acceptors (Lipinski definition) is 2. The van der Waals surface area contributed by atoms with Crippen molar-refractivity contribution in [2.24, 2.45) is 4.99 Å². The largest absolute Gasteiger partial charge is 0.390 e. The maximum atomic E-state index is 12.2. The second-order valence-electron chi connectivity index (χ2n) is 5.21. The molecule has 21 heavy (non-hydrogen) atoms. The van der Waals surface area contributed by atoms with Gasteiger partial charge in [0.2, 0.25) is 0 Å². The number of hydrogen-bond donors (Lipinski definition) is 1. The van der Waals surface area contributed by atoms with Gasteiger partial charge in [0.25, 0.3) is 0 Å². The van der Waals surface area contributed by atoms with E-state index in [0.29, 0.717) is 18.5 Å². The Morgan fingerprint density at radius 3 is 2.48 bits per heavy atom. The quantitative estimate of drug-likeness (QED) is 0.603. The Balaban J connectivity index is 2.59. The van der Waals surface area contributed by atoms with E-state index in [9.17, 15) is 13.2 Å². The third-order valence-electron chi connectivity index (χ3n) is 3.78. The molecule has 1 heterocycles. The number of alkyl halides is 3. The maximum Gasteiger partial charge on any atom is 0.390 e. The first-order valence-electron chi connectivity index (χ1n) is 7.75. The van der Waals surface area contributed by atoms with Crippen LogP contribution in [0.15, 0.2) is 4.99 Å². The van der Waals surface area contributed by atoms with Gasteiger partial charge in [-0.2, -0.15) is 13.2 Å². The molecule has 0 spiro atoms. The smallest absolute Gasteiger partial charge is 0.357 e. The summed E-state index contributed by atoms with van der Waals surface area (Å²) >= 11 is 0. The van der Waals surface area contributed by atoms with Crippen LogP contribution in [-0.2, 0) is 0 Å². The molecule has 0 radical (unpaired) electrons. The summed E-state index contributed by atoms with van der Waals surface area (Å²) in [7, 11) is 0. The van der Waals surface area contributed by atoms with Gasteiger partial charge in [0, 0.05) is 25.7 Å². The van der Waals surface area contributed by atoms with Crippen LogP contribution in [-0.4, -0.2) is 67.2 Å². The van der Waals surface area contributed by atoms with E-state index in [1.165, 1.54) is 0 Å². The Morgan fingerprint density at radius 2 is 1.95 bits per heavy atom. The molecule has 1 atom stereocenters. The third-order valence-corrected chi connectivity index (χ3v) is 3.78. The van der Waals surface area contributed by atoms with Gasteiger partial charge in [-0.05, 0) is 26.4 Å². The maximum absolute atomic E-state index is 12.2. The first-order valence-corrected chi connectivity index (χ1v) is 7.75. The summed E-state index contributed by atoms with van der Waals surface area (Å²) < 4.78 is 36.7. The van der Waals surface area contributed by atoms with Gasteiger partial charge in [-0.15, -0.1) is 0 Å². The highest BCUT2D eigenvalue weighted by Crippen LogP contribution is 2.19. The molecular formula is C14H27F3N4. The van der Waals surface area contributed by atoms with Gasteiger partial charge in [-0.1, -0.05) is 13.8 Å². The Bertz CT molecular complexity index is 327. The van der Waals surface area contributed by atoms with E-state index >= 15 is 0 Å². The van der Waals surface area contributed by atoms with Crippen LogP contribution in [0.3, 0.4) is 0 Å². The fraction of sp³-hybridized carbons (Fsp3) is 0.929. The van der Waals surface area contributed by atoms with Crippen molar-refractivity contribution in [3.8, 4) is 0 Å². The van der Waals surface area contributed by atoms with Gasteiger partial charge in [-0.3, -0.25) is 9.89 Å². The van der Waals surface area contributed by atoms with E-state index in [4.69, 9.17) is 0 Å². The number of rotatable bonds is 6. The van der Waals surface area contributed by atoms with Crippen LogP contribution in [0.2, 0.25) is 0 Å². The lowest BCUT2D eigenvalue weighted by Gasteiger charge is -2.27. The van der Waals surface area contributed by atoms with Gasteiger partial charge < -0.3 is 10.2 Å². The number of aliphatic imine (C=N–C) groups is 1. The minimum Gasteiger partial charge on any atom is -0.357 e. The van der Waals surface area contributed by atoms with Crippen molar-refractivity contribution in [2.45, 2.75) is 45.8 Å². The minimum atomic E-state index is -4.14. The lowest BCUT2D eigenvalue weighted by Crippen LogP contribution is -2.43. The summed E-state index contributed by atoms with van der Waals surface area (Å²) in [4.78, 5) is 8.58. The highest BCUT2D eigenvalue weighted by atomic mass is 19.4. The topological polar surface area (TPSA) is 30.9 Å². The molecule has 1 N–H and O–H groups in total. The molecule has 1 rings (SSSR count). The minimum absolute atomic E-state index is 0.210. The van der Waals surface area contributed by atoms with Crippen LogP contribution < -0.4 is 5.32 Å². The number of halogens is 3. The zero-order chi connectivity index (χ0) is 15.9. The van der Waals surface area contributed by atoms with Gasteiger partial charge in [0.1, 0.15) is 0 Å². The van der Waals surface area contributed by atoms with Crippen LogP contribution in [0.25, 0.3) is 0 Å². The highest BCUT2D eigenvalue weighted by Gasteiger charge is 2.29. The molecule has 0 saturated carbocycles. The fourth-order valence-electron chi connectivity index (χ4n) is 2.69. The van der Waals surface area contributed by atoms with Crippen LogP contribution >= 0.6 is 0 Å². The van der Waals surface area contributed by atoms with Gasteiger partial charge in [0.05, 0.1) is 13.0 Å². The second-order valence-corrected chi connectivity index (χ2v) is 5.21. The number of nitrogens with one attached hydrogen (secondary N) is 1. The van der Waals surface area contributed by atoms with Crippen LogP contribution in [0.5, 0.6) is 0 Å². The van der Waals surface area contributed by atoms with E-state index < -0.39 is 12.6 Å². The molecule has 1 saturated heterocycles. The van der Waals surface area contributed by atoms with Crippen molar-refractivity contribution in [2.75, 3.05) is 39.3 Å². The van der Waals surface area contributed by atoms with Crippen molar-refractivity contribution in [3.05, 3.63) is 0 Å². The molecule has 124 valence electrons. The van der Waals surface area contributed by atoms with Gasteiger partial charge in [-0.25, -0.2) is 0 Å². The zero-order valence-corrected chi connectivity index (χ0v) is 13.2. The number of likely N-dealkylation sites (N-methyl/N-ethyl adjacent to an activating group) is 1. The van der Waals surface area contributed by atoms with Crippen molar-refractivity contribution in [3.63, 3.8) is 0 Å². The Kier molecular flexibility index (Phi) is 7.28. The molecule has 1 aliphatic heterocycles. The number of nitrogens with zero attached hydrogens (tertiary/aromatic N) is 3. The first-order chi connectivity index (χ1) is 9.91. The standard InChI is InChI=1S/C14H27F3N4/c1-4-18-13(19-9-8-14(15,16)17)21-10-7-12(11-21)20(5-2)6-3/h12H,4-11H2,1-3H3,(H,18,19). The average molecular weight is 308 g/mol. The molecular weight excluding hydrogens is 281 g/mol. The predicted molar refractivity (Wildman–Crippen MR) is 79.5 cm³/mol. The van der Waals surface area contributed by atoms with E-state index in [1.807, 2.05) is 6.92 Å². The van der Waals surface area contributed by atoms with Crippen LogP contribution in [0, 0.1) is 0 Å². The number of guanidine groups is 1. The Labute approximate surface area is 125 Å². The van der Waals surface area contributed by atoms with Crippen LogP contribution in [0.1, 0.15) is 33.6 Å². The molecule has 7 heteroatoms. The average Bonchev–Trinajstić information content (AvgIpc) is 2.87. The number of likely N-dealkylation sites (tertiary alicyclic amines) is 1. The van der Waals surface area contributed by atoms with Crippen LogP contribution in [0.4, 0.5) is 13.2 Å². The Morgan fingerprint density at radius 1 is 1.29 bits per heavy atom. The van der Waals surface area contributed by atoms with E-state index in [0.717, 1.165) is 32.6 Å². The normalized spacial score (nSPS) is 20.4. The summed E-state index contributed by atoms with van der Waals surface area (Å²) in [6.45, 7) is 10.3. The summed E-state index contributed by atoms with van der Waals surface area (Å²) in [5, 5.41) is 3.10. The van der Waals surface area contributed by atoms with Gasteiger partial charge >= 0.3 is 6.18 Å². The molecule has 1 fully saturated rings.